The van der Waals surface area contributed by atoms with Crippen molar-refractivity contribution in [3.63, 3.8) is 0 Å². The van der Waals surface area contributed by atoms with E-state index in [1.807, 2.05) is 32.6 Å². The van der Waals surface area contributed by atoms with Crippen molar-refractivity contribution >= 4 is 29.5 Å². The van der Waals surface area contributed by atoms with E-state index in [9.17, 15) is 24.6 Å². The molecule has 3 aliphatic rings. The predicted octanol–water partition coefficient (Wildman–Crippen LogP) is 3.65. The lowest BCUT2D eigenvalue weighted by molar-refractivity contribution is -0.151. The van der Waals surface area contributed by atoms with Gasteiger partial charge in [0.25, 0.3) is 0 Å². The third kappa shape index (κ3) is 4.43. The topological polar surface area (TPSA) is 98.2 Å². The summed E-state index contributed by atoms with van der Waals surface area (Å²) >= 11 is 1.54. The molecule has 198 valence electrons. The molecule has 2 N–H and O–H groups in total. The summed E-state index contributed by atoms with van der Waals surface area (Å²) in [6.45, 7) is 20.4. The smallest absolute Gasteiger partial charge is 0.308 e. The molecule has 7 nitrogen and oxygen atoms in total. The summed E-state index contributed by atoms with van der Waals surface area (Å²) < 4.78 is -0.818. The van der Waals surface area contributed by atoms with Crippen molar-refractivity contribution in [3.8, 4) is 0 Å². The van der Waals surface area contributed by atoms with E-state index in [0.29, 0.717) is 13.0 Å². The number of fused-ring (bicyclic) bond motifs is 1. The number of rotatable bonds is 9. The molecular formula is C27H44N2O5S. The first-order chi connectivity index (χ1) is 16.0. The van der Waals surface area contributed by atoms with Crippen molar-refractivity contribution in [3.05, 3.63) is 12.7 Å². The van der Waals surface area contributed by atoms with Gasteiger partial charge in [-0.1, -0.05) is 47.6 Å². The number of amides is 2. The number of aliphatic hydroxyl groups is 1. The molecular weight excluding hydrogens is 464 g/mol. The molecule has 0 aromatic heterocycles. The monoisotopic (exact) mass is 508 g/mol. The minimum Gasteiger partial charge on any atom is -0.481 e. The fourth-order valence-corrected chi connectivity index (χ4v) is 9.70. The maximum absolute atomic E-state index is 14.7. The number of aliphatic carboxylic acids is 1. The maximum atomic E-state index is 14.7. The van der Waals surface area contributed by atoms with Crippen molar-refractivity contribution < 1.29 is 24.6 Å². The first-order valence-corrected chi connectivity index (χ1v) is 13.7. The Morgan fingerprint density at radius 2 is 1.89 bits per heavy atom. The zero-order chi connectivity index (χ0) is 26.7. The maximum Gasteiger partial charge on any atom is 0.308 e. The van der Waals surface area contributed by atoms with E-state index in [1.165, 1.54) is 11.8 Å². The van der Waals surface area contributed by atoms with Gasteiger partial charge in [0.05, 0.1) is 29.2 Å². The largest absolute Gasteiger partial charge is 0.481 e. The van der Waals surface area contributed by atoms with Crippen molar-refractivity contribution in [2.45, 2.75) is 95.9 Å². The second-order valence-corrected chi connectivity index (χ2v) is 14.5. The quantitative estimate of drug-likeness (QED) is 0.462. The van der Waals surface area contributed by atoms with Crippen LogP contribution in [0.25, 0.3) is 0 Å². The Hall–Kier alpha value is -1.54. The van der Waals surface area contributed by atoms with Crippen molar-refractivity contribution in [2.24, 2.45) is 29.1 Å². The van der Waals surface area contributed by atoms with E-state index >= 15 is 0 Å². The molecule has 3 fully saturated rings. The molecule has 0 aliphatic carbocycles. The third-order valence-corrected chi connectivity index (χ3v) is 10.4. The number of likely N-dealkylation sites (tertiary alicyclic amines) is 1. The summed E-state index contributed by atoms with van der Waals surface area (Å²) in [5, 5.41) is 20.3. The van der Waals surface area contributed by atoms with Gasteiger partial charge in [0.2, 0.25) is 11.8 Å². The molecule has 1 spiro atoms. The fourth-order valence-electron chi connectivity index (χ4n) is 7.30. The summed E-state index contributed by atoms with van der Waals surface area (Å²) in [5.41, 5.74) is -0.556. The van der Waals surface area contributed by atoms with Crippen molar-refractivity contribution in [1.29, 1.82) is 0 Å². The van der Waals surface area contributed by atoms with Crippen LogP contribution < -0.4 is 0 Å². The number of nitrogens with zero attached hydrogens (tertiary/aromatic N) is 2. The first-order valence-electron chi connectivity index (χ1n) is 12.8. The highest BCUT2D eigenvalue weighted by Gasteiger charge is 2.77. The van der Waals surface area contributed by atoms with Gasteiger partial charge in [0.15, 0.2) is 0 Å². The fraction of sp³-hybridized carbons (Fsp3) is 0.815. The molecule has 3 saturated heterocycles. The van der Waals surface area contributed by atoms with Crippen LogP contribution in [0.1, 0.15) is 68.2 Å². The molecule has 3 rings (SSSR count). The summed E-state index contributed by atoms with van der Waals surface area (Å²) in [4.78, 5) is 44.5. The lowest BCUT2D eigenvalue weighted by Crippen LogP contribution is -2.63. The number of carbonyl (C=O) groups excluding carboxylic acids is 2. The molecule has 0 aromatic rings. The SMILES string of the molecule is C=CCN(C(=O)C1N([C@@H](CO)C(C)C)C(=O)[C@@H]2[C@@H](C(=O)O)[C@H]3CC(C)C12S3)C(C)(C)CC(C)(C)C. The zero-order valence-corrected chi connectivity index (χ0v) is 23.4. The lowest BCUT2D eigenvalue weighted by atomic mass is 9.66. The Morgan fingerprint density at radius 3 is 2.34 bits per heavy atom. The van der Waals surface area contributed by atoms with Gasteiger partial charge in [-0.3, -0.25) is 14.4 Å². The van der Waals surface area contributed by atoms with Crippen LogP contribution >= 0.6 is 11.8 Å². The van der Waals surface area contributed by atoms with Gasteiger partial charge in [-0.25, -0.2) is 0 Å². The highest BCUT2D eigenvalue weighted by Crippen LogP contribution is 2.69. The second kappa shape index (κ2) is 9.40. The summed E-state index contributed by atoms with van der Waals surface area (Å²) in [7, 11) is 0. The first kappa shape index (κ1) is 28.0. The van der Waals surface area contributed by atoms with Gasteiger partial charge in [-0.2, -0.15) is 0 Å². The molecule has 3 aliphatic heterocycles. The van der Waals surface area contributed by atoms with E-state index < -0.39 is 40.2 Å². The van der Waals surface area contributed by atoms with Gasteiger partial charge >= 0.3 is 5.97 Å². The van der Waals surface area contributed by atoms with Gasteiger partial charge in [-0.15, -0.1) is 18.3 Å². The van der Waals surface area contributed by atoms with Crippen molar-refractivity contribution in [2.75, 3.05) is 13.2 Å². The molecule has 2 amide bonds. The molecule has 0 saturated carbocycles. The van der Waals surface area contributed by atoms with Crippen LogP contribution in [0.5, 0.6) is 0 Å². The Morgan fingerprint density at radius 1 is 1.29 bits per heavy atom. The lowest BCUT2D eigenvalue weighted by Gasteiger charge is -2.48. The number of carbonyl (C=O) groups is 3. The minimum atomic E-state index is -0.969. The van der Waals surface area contributed by atoms with Crippen LogP contribution in [0, 0.1) is 29.1 Å². The van der Waals surface area contributed by atoms with E-state index in [4.69, 9.17) is 0 Å². The van der Waals surface area contributed by atoms with Gasteiger partial charge < -0.3 is 20.0 Å². The summed E-state index contributed by atoms with van der Waals surface area (Å²) in [6.07, 6.45) is 3.13. The van der Waals surface area contributed by atoms with E-state index in [0.717, 1.165) is 6.42 Å². The predicted molar refractivity (Wildman–Crippen MR) is 139 cm³/mol. The Bertz CT molecular complexity index is 881. The standard InChI is InChI=1S/C27H44N2O5S/c1-10-11-28(26(8,9)14-25(5,6)7)23(32)21-27-16(4)12-18(35-27)19(24(33)34)20(27)22(31)29(21)17(13-30)15(2)3/h10,15-21,30H,1,11-14H2,2-9H3,(H,33,34)/t16?,17-,18+,19-,20-,21?,27?/m0/s1. The third-order valence-electron chi connectivity index (χ3n) is 8.29. The number of aliphatic hydroxyl groups excluding tert-OH is 1. The molecule has 0 aromatic carbocycles. The van der Waals surface area contributed by atoms with Crippen molar-refractivity contribution in [1.82, 2.24) is 9.80 Å². The van der Waals surface area contributed by atoms with Crippen LogP contribution in [0.4, 0.5) is 0 Å². The van der Waals surface area contributed by atoms with Crippen LogP contribution in [-0.2, 0) is 14.4 Å². The van der Waals surface area contributed by atoms with Crippen LogP contribution in [0.15, 0.2) is 12.7 Å². The van der Waals surface area contributed by atoms with Crippen LogP contribution in [0.2, 0.25) is 0 Å². The normalized spacial score (nSPS) is 33.3. The average Bonchev–Trinajstić information content (AvgIpc) is 3.28. The average molecular weight is 509 g/mol. The van der Waals surface area contributed by atoms with Crippen LogP contribution in [0.3, 0.4) is 0 Å². The molecule has 7 atom stereocenters. The van der Waals surface area contributed by atoms with Gasteiger partial charge in [0.1, 0.15) is 6.04 Å². The minimum absolute atomic E-state index is 0.00353. The number of thioether (sulfide) groups is 1. The Balaban J connectivity index is 2.19. The highest BCUT2D eigenvalue weighted by atomic mass is 32.2. The summed E-state index contributed by atoms with van der Waals surface area (Å²) in [6, 6.07) is -1.39. The Kier molecular flexibility index (Phi) is 7.53. The van der Waals surface area contributed by atoms with E-state index in [-0.39, 0.29) is 40.9 Å². The zero-order valence-electron chi connectivity index (χ0n) is 22.6. The number of hydrogen-bond acceptors (Lipinski definition) is 5. The van der Waals surface area contributed by atoms with Crippen LogP contribution in [-0.4, -0.2) is 78.6 Å². The number of hydrogen-bond donors (Lipinski definition) is 2. The molecule has 3 unspecified atom stereocenters. The molecule has 0 radical (unpaired) electrons. The number of carboxylic acid groups (broad SMARTS) is 1. The second-order valence-electron chi connectivity index (χ2n) is 12.9. The highest BCUT2D eigenvalue weighted by molar-refractivity contribution is 8.02. The molecule has 35 heavy (non-hydrogen) atoms. The number of carboxylic acids is 1. The van der Waals surface area contributed by atoms with Gasteiger partial charge in [0, 0.05) is 17.3 Å². The van der Waals surface area contributed by atoms with E-state index in [1.54, 1.807) is 11.0 Å². The van der Waals surface area contributed by atoms with Gasteiger partial charge in [-0.05, 0) is 43.9 Å². The van der Waals surface area contributed by atoms with E-state index in [2.05, 4.69) is 34.3 Å². The molecule has 3 heterocycles. The Labute approximate surface area is 214 Å². The molecule has 2 bridgehead atoms. The molecule has 8 heteroatoms. The summed E-state index contributed by atoms with van der Waals surface area (Å²) in [5.74, 6) is -3.10.